The topological polar surface area (TPSA) is 86.3 Å². The molecule has 3 aliphatic rings. The second-order valence-corrected chi connectivity index (χ2v) is 8.62. The van der Waals surface area contributed by atoms with E-state index in [2.05, 4.69) is 9.98 Å². The normalized spacial score (nSPS) is 30.9. The molecule has 2 N–H and O–H groups in total. The Bertz CT molecular complexity index is 1160. The van der Waals surface area contributed by atoms with Crippen molar-refractivity contribution in [2.45, 2.75) is 44.1 Å². The van der Waals surface area contributed by atoms with Crippen molar-refractivity contribution >= 4 is 18.0 Å². The molecule has 11 heteroatoms. The zero-order valence-electron chi connectivity index (χ0n) is 18.5. The van der Waals surface area contributed by atoms with E-state index in [0.717, 1.165) is 20.1 Å². The maximum absolute atomic E-state index is 14.5. The predicted octanol–water partition coefficient (Wildman–Crippen LogP) is 4.21. The maximum Gasteiger partial charge on any atom is 0.417 e. The van der Waals surface area contributed by atoms with Crippen LogP contribution in [0.2, 0.25) is 0 Å². The van der Waals surface area contributed by atoms with Gasteiger partial charge in [0, 0.05) is 35.1 Å². The highest BCUT2D eigenvalue weighted by atomic mass is 19.4. The lowest BCUT2D eigenvalue weighted by atomic mass is 9.76. The first-order chi connectivity index (χ1) is 15.9. The molecular formula is C23H22F5N3O3. The van der Waals surface area contributed by atoms with Gasteiger partial charge in [0.15, 0.2) is 23.0 Å². The predicted molar refractivity (Wildman–Crippen MR) is 114 cm³/mol. The molecule has 2 aliphatic heterocycles. The fraction of sp³-hybridized carbons (Fsp3) is 0.435. The molecule has 1 aromatic carbocycles. The summed E-state index contributed by atoms with van der Waals surface area (Å²) in [6.45, 7) is 2.23. The Labute approximate surface area is 192 Å². The minimum absolute atomic E-state index is 0.00208. The zero-order valence-corrected chi connectivity index (χ0v) is 18.5. The summed E-state index contributed by atoms with van der Waals surface area (Å²) in [5.41, 5.74) is 3.33. The molecule has 1 amide bonds. The van der Waals surface area contributed by atoms with E-state index in [4.69, 9.17) is 15.2 Å². The third-order valence-corrected chi connectivity index (χ3v) is 6.76. The quantitative estimate of drug-likeness (QED) is 0.651. The summed E-state index contributed by atoms with van der Waals surface area (Å²) in [4.78, 5) is 20.2. The number of fused-ring (bicyclic) bond motifs is 1. The Morgan fingerprint density at radius 3 is 2.62 bits per heavy atom. The Hall–Kier alpha value is -3.08. The number of primary amides is 1. The SMILES string of the molecule is COc1c([C@H]2[C@H](C3=NC4=CC(C(N)=O)=CCC4C=N3)O[C@@](C)(C(F)(F)F)[C@H]2C)ccc(F)c1F. The smallest absolute Gasteiger partial charge is 0.417 e. The lowest BCUT2D eigenvalue weighted by molar-refractivity contribution is -0.270. The van der Waals surface area contributed by atoms with E-state index >= 15 is 0 Å². The van der Waals surface area contributed by atoms with Gasteiger partial charge in [0.25, 0.3) is 0 Å². The van der Waals surface area contributed by atoms with Gasteiger partial charge in [-0.05, 0) is 25.5 Å². The molecule has 1 saturated heterocycles. The van der Waals surface area contributed by atoms with Crippen LogP contribution in [-0.4, -0.2) is 42.9 Å². The number of allylic oxidation sites excluding steroid dienone is 2. The number of amidine groups is 1. The molecule has 182 valence electrons. The van der Waals surface area contributed by atoms with Gasteiger partial charge in [0.1, 0.15) is 6.10 Å². The largest absolute Gasteiger partial charge is 0.493 e. The van der Waals surface area contributed by atoms with Crippen LogP contribution in [0.15, 0.2) is 45.5 Å². The number of methoxy groups -OCH3 is 1. The van der Waals surface area contributed by atoms with Crippen molar-refractivity contribution in [3.05, 3.63) is 52.8 Å². The number of benzene rings is 1. The van der Waals surface area contributed by atoms with Crippen molar-refractivity contribution in [3.63, 3.8) is 0 Å². The fourth-order valence-corrected chi connectivity index (χ4v) is 4.63. The van der Waals surface area contributed by atoms with E-state index in [1.54, 1.807) is 6.08 Å². The van der Waals surface area contributed by atoms with E-state index in [1.807, 2.05) is 0 Å². The Morgan fingerprint density at radius 2 is 2.00 bits per heavy atom. The van der Waals surface area contributed by atoms with Crippen LogP contribution in [0.1, 0.15) is 31.7 Å². The molecular weight excluding hydrogens is 461 g/mol. The number of hydrogen-bond acceptors (Lipinski definition) is 5. The molecule has 1 unspecified atom stereocenters. The lowest BCUT2D eigenvalue weighted by Crippen LogP contribution is -2.47. The summed E-state index contributed by atoms with van der Waals surface area (Å²) in [5.74, 6) is -6.41. The highest BCUT2D eigenvalue weighted by Crippen LogP contribution is 2.55. The first-order valence-electron chi connectivity index (χ1n) is 10.5. The number of halogens is 5. The van der Waals surface area contributed by atoms with Crippen LogP contribution in [0.25, 0.3) is 0 Å². The molecule has 5 atom stereocenters. The number of amides is 1. The zero-order chi connectivity index (χ0) is 25.0. The summed E-state index contributed by atoms with van der Waals surface area (Å²) < 4.78 is 81.3. The molecule has 0 bridgehead atoms. The van der Waals surface area contributed by atoms with Gasteiger partial charge in [-0.25, -0.2) is 14.4 Å². The van der Waals surface area contributed by atoms with Crippen molar-refractivity contribution in [1.82, 2.24) is 0 Å². The molecule has 0 radical (unpaired) electrons. The maximum atomic E-state index is 14.5. The van der Waals surface area contributed by atoms with E-state index in [9.17, 15) is 26.7 Å². The van der Waals surface area contributed by atoms with Gasteiger partial charge in [-0.2, -0.15) is 17.6 Å². The second-order valence-electron chi connectivity index (χ2n) is 8.62. The number of ether oxygens (including phenoxy) is 2. The van der Waals surface area contributed by atoms with E-state index in [0.29, 0.717) is 12.1 Å². The van der Waals surface area contributed by atoms with E-state index < -0.39 is 53.0 Å². The van der Waals surface area contributed by atoms with Crippen LogP contribution in [-0.2, 0) is 9.53 Å². The summed E-state index contributed by atoms with van der Waals surface area (Å²) in [6, 6.07) is 2.01. The first-order valence-corrected chi connectivity index (χ1v) is 10.5. The summed E-state index contributed by atoms with van der Waals surface area (Å²) in [7, 11) is 1.10. The molecule has 1 aliphatic carbocycles. The number of carbonyl (C=O) groups excluding carboxylic acids is 1. The van der Waals surface area contributed by atoms with Gasteiger partial charge in [-0.1, -0.05) is 19.1 Å². The summed E-state index contributed by atoms with van der Waals surface area (Å²) in [6.07, 6.45) is -1.14. The van der Waals surface area contributed by atoms with Crippen molar-refractivity contribution in [3.8, 4) is 5.75 Å². The van der Waals surface area contributed by atoms with Gasteiger partial charge in [0.05, 0.1) is 12.8 Å². The average Bonchev–Trinajstić information content (AvgIpc) is 3.06. The van der Waals surface area contributed by atoms with Crippen LogP contribution in [0, 0.1) is 23.5 Å². The lowest BCUT2D eigenvalue weighted by Gasteiger charge is -2.32. The van der Waals surface area contributed by atoms with Crippen LogP contribution >= 0.6 is 0 Å². The standard InChI is InChI=1S/C23H22F5N3O3/c1-10-16(13-6-7-14(24)17(25)18(13)33-3)19(34-22(10,2)23(26,27)28)21-30-9-12-5-4-11(20(29)32)8-15(12)31-21/h4,6-10,12,16,19H,5H2,1-3H3,(H2,29,32)/t10-,12?,16-,19+,22+/m0/s1. The molecule has 34 heavy (non-hydrogen) atoms. The molecule has 2 heterocycles. The fourth-order valence-electron chi connectivity index (χ4n) is 4.63. The van der Waals surface area contributed by atoms with Crippen molar-refractivity contribution < 1.29 is 36.2 Å². The minimum atomic E-state index is -4.78. The van der Waals surface area contributed by atoms with Crippen LogP contribution in [0.5, 0.6) is 5.75 Å². The minimum Gasteiger partial charge on any atom is -0.493 e. The van der Waals surface area contributed by atoms with E-state index in [-0.39, 0.29) is 22.9 Å². The van der Waals surface area contributed by atoms with Crippen molar-refractivity contribution in [2.24, 2.45) is 27.6 Å². The van der Waals surface area contributed by atoms with Gasteiger partial charge in [0.2, 0.25) is 11.7 Å². The molecule has 6 nitrogen and oxygen atoms in total. The Morgan fingerprint density at radius 1 is 1.29 bits per heavy atom. The third-order valence-electron chi connectivity index (χ3n) is 6.76. The molecule has 0 aromatic heterocycles. The Balaban J connectivity index is 1.85. The van der Waals surface area contributed by atoms with Gasteiger partial charge in [-0.15, -0.1) is 0 Å². The molecule has 4 rings (SSSR count). The van der Waals surface area contributed by atoms with E-state index in [1.165, 1.54) is 25.3 Å². The van der Waals surface area contributed by atoms with Crippen LogP contribution in [0.3, 0.4) is 0 Å². The molecule has 1 aromatic rings. The summed E-state index contributed by atoms with van der Waals surface area (Å²) >= 11 is 0. The number of nitrogens with zero attached hydrogens (tertiary/aromatic N) is 2. The summed E-state index contributed by atoms with van der Waals surface area (Å²) in [5, 5.41) is 0. The highest BCUT2D eigenvalue weighted by Gasteiger charge is 2.65. The monoisotopic (exact) mass is 483 g/mol. The number of rotatable bonds is 4. The molecule has 1 fully saturated rings. The highest BCUT2D eigenvalue weighted by molar-refractivity contribution is 6.00. The average molecular weight is 483 g/mol. The first kappa shape index (κ1) is 24.1. The molecule has 0 saturated carbocycles. The van der Waals surface area contributed by atoms with Crippen LogP contribution < -0.4 is 10.5 Å². The number of aliphatic imine (C=N–C) groups is 2. The van der Waals surface area contributed by atoms with Crippen molar-refractivity contribution in [2.75, 3.05) is 7.11 Å². The second kappa shape index (κ2) is 8.30. The number of hydrogen-bond donors (Lipinski definition) is 1. The van der Waals surface area contributed by atoms with Gasteiger partial charge >= 0.3 is 6.18 Å². The van der Waals surface area contributed by atoms with Gasteiger partial charge in [-0.3, -0.25) is 4.79 Å². The number of carbonyl (C=O) groups is 1. The molecule has 0 spiro atoms. The number of alkyl halides is 3. The van der Waals surface area contributed by atoms with Gasteiger partial charge < -0.3 is 15.2 Å². The third kappa shape index (κ3) is 3.71. The Kier molecular flexibility index (Phi) is 5.87. The number of nitrogens with two attached hydrogens (primary N) is 1. The van der Waals surface area contributed by atoms with Crippen molar-refractivity contribution in [1.29, 1.82) is 0 Å². The van der Waals surface area contributed by atoms with Crippen LogP contribution in [0.4, 0.5) is 22.0 Å².